The van der Waals surface area contributed by atoms with Gasteiger partial charge in [-0.05, 0) is 36.4 Å². The number of terminal acetylenes is 1. The number of aromatic nitrogens is 4. The van der Waals surface area contributed by atoms with Crippen LogP contribution in [0, 0.1) is 18.2 Å². The first-order valence-corrected chi connectivity index (χ1v) is 9.99. The van der Waals surface area contributed by atoms with Crippen molar-refractivity contribution in [3.8, 4) is 23.6 Å². The minimum Gasteiger partial charge on any atom is -0.276 e. The number of nitrogens with one attached hydrogen (secondary N) is 1. The molecule has 7 nitrogen and oxygen atoms in total. The van der Waals surface area contributed by atoms with Gasteiger partial charge in [0.2, 0.25) is 0 Å². The third-order valence-corrected chi connectivity index (χ3v) is 5.71. The molecular weight excluding hydrogens is 417 g/mol. The van der Waals surface area contributed by atoms with Crippen molar-refractivity contribution < 1.29 is 12.8 Å². The minimum absolute atomic E-state index is 0.0471. The average molecular weight is 428 g/mol. The third-order valence-electron chi connectivity index (χ3n) is 4.03. The average Bonchev–Trinajstić information content (AvgIpc) is 3.12. The van der Waals surface area contributed by atoms with Gasteiger partial charge in [-0.2, -0.15) is 5.10 Å². The Morgan fingerprint density at radius 3 is 2.66 bits per heavy atom. The fourth-order valence-electron chi connectivity index (χ4n) is 2.61. The molecule has 3 heterocycles. The number of halogens is 2. The highest BCUT2D eigenvalue weighted by atomic mass is 35.5. The maximum Gasteiger partial charge on any atom is 0.261 e. The second-order valence-corrected chi connectivity index (χ2v) is 7.95. The quantitative estimate of drug-likeness (QED) is 0.398. The Bertz CT molecular complexity index is 1380. The molecule has 4 rings (SSSR count). The molecule has 1 aromatic carbocycles. The van der Waals surface area contributed by atoms with Gasteiger partial charge in [-0.15, -0.1) is 6.42 Å². The van der Waals surface area contributed by atoms with Gasteiger partial charge in [0, 0.05) is 18.0 Å². The first-order chi connectivity index (χ1) is 13.9. The smallest absolute Gasteiger partial charge is 0.261 e. The lowest BCUT2D eigenvalue weighted by atomic mass is 10.2. The molecule has 0 fully saturated rings. The molecule has 0 saturated carbocycles. The van der Waals surface area contributed by atoms with E-state index in [-0.39, 0.29) is 15.7 Å². The van der Waals surface area contributed by atoms with Crippen LogP contribution in [-0.4, -0.2) is 28.0 Å². The summed E-state index contributed by atoms with van der Waals surface area (Å²) in [4.78, 5) is 8.39. The molecule has 0 aliphatic carbocycles. The molecule has 144 valence electrons. The second-order valence-electron chi connectivity index (χ2n) is 5.91. The molecule has 0 aliphatic rings. The van der Waals surface area contributed by atoms with Crippen LogP contribution in [-0.2, 0) is 10.0 Å². The molecule has 0 unspecified atom stereocenters. The predicted octanol–water partition coefficient (Wildman–Crippen LogP) is 3.37. The van der Waals surface area contributed by atoms with Crippen LogP contribution in [0.4, 0.5) is 10.1 Å². The van der Waals surface area contributed by atoms with E-state index >= 15 is 0 Å². The number of rotatable bonds is 4. The number of benzene rings is 1. The highest BCUT2D eigenvalue weighted by molar-refractivity contribution is 7.92. The number of fused-ring (bicyclic) bond motifs is 1. The molecule has 0 spiro atoms. The molecule has 0 aliphatic heterocycles. The lowest BCUT2D eigenvalue weighted by Crippen LogP contribution is -2.13. The third kappa shape index (κ3) is 3.63. The van der Waals surface area contributed by atoms with Crippen LogP contribution in [0.2, 0.25) is 5.15 Å². The van der Waals surface area contributed by atoms with Crippen molar-refractivity contribution in [2.75, 3.05) is 4.72 Å². The molecule has 0 amide bonds. The molecule has 0 saturated heterocycles. The lowest BCUT2D eigenvalue weighted by Gasteiger charge is -2.11. The van der Waals surface area contributed by atoms with E-state index in [2.05, 4.69) is 25.7 Å². The van der Waals surface area contributed by atoms with Gasteiger partial charge in [0.15, 0.2) is 10.8 Å². The maximum absolute atomic E-state index is 13.1. The monoisotopic (exact) mass is 427 g/mol. The van der Waals surface area contributed by atoms with Crippen molar-refractivity contribution in [3.63, 3.8) is 0 Å². The molecule has 10 heteroatoms. The van der Waals surface area contributed by atoms with E-state index < -0.39 is 15.8 Å². The Morgan fingerprint density at radius 1 is 1.17 bits per heavy atom. The summed E-state index contributed by atoms with van der Waals surface area (Å²) in [5.41, 5.74) is 2.07. The predicted molar refractivity (Wildman–Crippen MR) is 106 cm³/mol. The molecule has 0 atom stereocenters. The Kier molecular flexibility index (Phi) is 4.66. The summed E-state index contributed by atoms with van der Waals surface area (Å²) < 4.78 is 42.1. The van der Waals surface area contributed by atoms with E-state index in [4.69, 9.17) is 18.0 Å². The zero-order valence-electron chi connectivity index (χ0n) is 14.5. The van der Waals surface area contributed by atoms with Gasteiger partial charge in [0.05, 0.1) is 28.0 Å². The molecule has 29 heavy (non-hydrogen) atoms. The Hall–Kier alpha value is -3.48. The summed E-state index contributed by atoms with van der Waals surface area (Å²) in [5.74, 6) is 1.96. The summed E-state index contributed by atoms with van der Waals surface area (Å²) in [6, 6.07) is 7.60. The van der Waals surface area contributed by atoms with Gasteiger partial charge < -0.3 is 0 Å². The summed E-state index contributed by atoms with van der Waals surface area (Å²) in [6.45, 7) is 0. The van der Waals surface area contributed by atoms with Crippen LogP contribution < -0.4 is 4.72 Å². The number of hydrogen-bond donors (Lipinski definition) is 1. The van der Waals surface area contributed by atoms with Crippen LogP contribution in [0.1, 0.15) is 5.56 Å². The molecule has 3 aromatic heterocycles. The van der Waals surface area contributed by atoms with Crippen LogP contribution in [0.15, 0.2) is 59.9 Å². The van der Waals surface area contributed by atoms with Crippen molar-refractivity contribution in [3.05, 3.63) is 71.5 Å². The molecule has 0 radical (unpaired) electrons. The summed E-state index contributed by atoms with van der Waals surface area (Å²) in [5, 5.41) is 4.05. The van der Waals surface area contributed by atoms with Crippen molar-refractivity contribution in [2.24, 2.45) is 0 Å². The molecule has 1 N–H and O–H groups in total. The highest BCUT2D eigenvalue weighted by Crippen LogP contribution is 2.28. The number of pyridine rings is 1. The zero-order valence-corrected chi connectivity index (χ0v) is 16.1. The zero-order chi connectivity index (χ0) is 20.6. The van der Waals surface area contributed by atoms with Crippen molar-refractivity contribution in [2.45, 2.75) is 4.90 Å². The van der Waals surface area contributed by atoms with Crippen LogP contribution in [0.25, 0.3) is 16.9 Å². The number of nitrogens with zero attached hydrogens (tertiary/aromatic N) is 4. The van der Waals surface area contributed by atoms with Crippen LogP contribution in [0.5, 0.6) is 0 Å². The standard InChI is InChI=1S/C19H11ClFN5O2S/c1-2-12-11-23-26-8-7-16(24-19(12)26)13-9-17(18(20)22-10-13)25-29(27,28)15-5-3-14(21)4-6-15/h1,3-11,25H. The van der Waals surface area contributed by atoms with Crippen molar-refractivity contribution in [1.82, 2.24) is 19.6 Å². The summed E-state index contributed by atoms with van der Waals surface area (Å²) >= 11 is 6.07. The van der Waals surface area contributed by atoms with Gasteiger partial charge in [-0.3, -0.25) is 4.72 Å². The van der Waals surface area contributed by atoms with Crippen molar-refractivity contribution >= 4 is 33.0 Å². The van der Waals surface area contributed by atoms with E-state index in [1.807, 2.05) is 0 Å². The second kappa shape index (κ2) is 7.16. The highest BCUT2D eigenvalue weighted by Gasteiger charge is 2.17. The van der Waals surface area contributed by atoms with E-state index in [1.165, 1.54) is 23.0 Å². The summed E-state index contributed by atoms with van der Waals surface area (Å²) in [6.07, 6.45) is 10.1. The van der Waals surface area contributed by atoms with E-state index in [1.54, 1.807) is 12.3 Å². The first kappa shape index (κ1) is 18.9. The maximum atomic E-state index is 13.1. The van der Waals surface area contributed by atoms with Gasteiger partial charge in [0.1, 0.15) is 5.82 Å². The largest absolute Gasteiger partial charge is 0.276 e. The lowest BCUT2D eigenvalue weighted by molar-refractivity contribution is 0.599. The van der Waals surface area contributed by atoms with Gasteiger partial charge in [-0.1, -0.05) is 17.5 Å². The molecular formula is C19H11ClFN5O2S. The Labute approximate surface area is 170 Å². The normalized spacial score (nSPS) is 11.3. The van der Waals surface area contributed by atoms with Gasteiger partial charge in [-0.25, -0.2) is 27.3 Å². The van der Waals surface area contributed by atoms with E-state index in [0.29, 0.717) is 22.5 Å². The molecule has 0 bridgehead atoms. The van der Waals surface area contributed by atoms with Crippen LogP contribution >= 0.6 is 11.6 Å². The fraction of sp³-hybridized carbons (Fsp3) is 0. The minimum atomic E-state index is -3.99. The molecule has 4 aromatic rings. The van der Waals surface area contributed by atoms with Gasteiger partial charge >= 0.3 is 0 Å². The van der Waals surface area contributed by atoms with Crippen LogP contribution in [0.3, 0.4) is 0 Å². The Morgan fingerprint density at radius 2 is 1.93 bits per heavy atom. The van der Waals surface area contributed by atoms with E-state index in [9.17, 15) is 12.8 Å². The number of sulfonamides is 1. The first-order valence-electron chi connectivity index (χ1n) is 8.13. The van der Waals surface area contributed by atoms with Gasteiger partial charge in [0.25, 0.3) is 10.0 Å². The van der Waals surface area contributed by atoms with E-state index in [0.717, 1.165) is 24.3 Å². The number of anilines is 1. The summed E-state index contributed by atoms with van der Waals surface area (Å²) in [7, 11) is -3.99. The SMILES string of the molecule is C#Cc1cnn2ccc(-c3cnc(Cl)c(NS(=O)(=O)c4ccc(F)cc4)c3)nc12. The Balaban J connectivity index is 1.73. The van der Waals surface area contributed by atoms with Crippen molar-refractivity contribution in [1.29, 1.82) is 0 Å². The fourth-order valence-corrected chi connectivity index (χ4v) is 3.87. The number of hydrogen-bond acceptors (Lipinski definition) is 5. The topological polar surface area (TPSA) is 89.2 Å².